The number of rotatable bonds is 6. The summed E-state index contributed by atoms with van der Waals surface area (Å²) >= 11 is 0. The summed E-state index contributed by atoms with van der Waals surface area (Å²) in [7, 11) is 0. The topological polar surface area (TPSA) is 3.24 Å². The van der Waals surface area contributed by atoms with Gasteiger partial charge in [0.25, 0.3) is 0 Å². The summed E-state index contributed by atoms with van der Waals surface area (Å²) in [5.74, 6) is 0. The minimum absolute atomic E-state index is 1.12. The molecular weight excluding hydrogens is 542 g/mol. The first-order valence-electron chi connectivity index (χ1n) is 15.4. The molecule has 0 N–H and O–H groups in total. The van der Waals surface area contributed by atoms with E-state index in [-0.39, 0.29) is 0 Å². The molecule has 0 aliphatic carbocycles. The molecule has 0 aliphatic rings. The van der Waals surface area contributed by atoms with E-state index in [2.05, 4.69) is 193 Å². The Bertz CT molecular complexity index is 2230. The second-order valence-corrected chi connectivity index (χ2v) is 11.4. The van der Waals surface area contributed by atoms with Crippen molar-refractivity contribution in [3.63, 3.8) is 0 Å². The summed E-state index contributed by atoms with van der Waals surface area (Å²) in [6, 6.07) is 67.6. The molecule has 0 aliphatic heterocycles. The summed E-state index contributed by atoms with van der Waals surface area (Å²) in [4.78, 5) is 2.34. The Hall–Kier alpha value is -5.92. The van der Waals surface area contributed by atoms with E-state index in [1.54, 1.807) is 0 Å². The van der Waals surface area contributed by atoms with Crippen molar-refractivity contribution in [3.05, 3.63) is 188 Å². The maximum Gasteiger partial charge on any atom is 0.0462 e. The van der Waals surface area contributed by atoms with Crippen LogP contribution in [0.2, 0.25) is 0 Å². The zero-order valence-electron chi connectivity index (χ0n) is 24.8. The lowest BCUT2D eigenvalue weighted by molar-refractivity contribution is 1.28. The SMILES string of the molecule is c1ccc(-c2ccc(N(c3ccc(-c4ccc5ccccc5c4)cc3)c3ccc(-c4cccc5ccccc45)cc3)cc2)cc1. The summed E-state index contributed by atoms with van der Waals surface area (Å²) in [5.41, 5.74) is 10.7. The van der Waals surface area contributed by atoms with Crippen molar-refractivity contribution in [2.24, 2.45) is 0 Å². The number of anilines is 3. The molecule has 8 rings (SSSR count). The Morgan fingerprint density at radius 2 is 0.733 bits per heavy atom. The second-order valence-electron chi connectivity index (χ2n) is 11.4. The number of fused-ring (bicyclic) bond motifs is 2. The molecule has 0 aromatic heterocycles. The van der Waals surface area contributed by atoms with Crippen molar-refractivity contribution >= 4 is 38.6 Å². The highest BCUT2D eigenvalue weighted by Crippen LogP contribution is 2.38. The number of nitrogens with zero attached hydrogens (tertiary/aromatic N) is 1. The highest BCUT2D eigenvalue weighted by molar-refractivity contribution is 5.97. The van der Waals surface area contributed by atoms with E-state index >= 15 is 0 Å². The Morgan fingerprint density at radius 1 is 0.267 bits per heavy atom. The van der Waals surface area contributed by atoms with Crippen molar-refractivity contribution in [1.29, 1.82) is 0 Å². The summed E-state index contributed by atoms with van der Waals surface area (Å²) in [6.07, 6.45) is 0. The molecule has 1 nitrogen and oxygen atoms in total. The number of hydrogen-bond acceptors (Lipinski definition) is 1. The van der Waals surface area contributed by atoms with Crippen LogP contribution in [-0.2, 0) is 0 Å². The molecule has 212 valence electrons. The predicted molar refractivity (Wildman–Crippen MR) is 192 cm³/mol. The Morgan fingerprint density at radius 3 is 1.40 bits per heavy atom. The van der Waals surface area contributed by atoms with Gasteiger partial charge in [-0.1, -0.05) is 146 Å². The standard InChI is InChI=1S/C44H31N/c1-2-9-32(10-3-1)34-19-25-40(26-20-34)45(41-27-21-35(22-28-41)39-18-17-33-11-4-5-13-38(33)31-39)42-29-23-37(24-30-42)44-16-8-14-36-12-6-7-15-43(36)44/h1-31H. The van der Waals surface area contributed by atoms with E-state index < -0.39 is 0 Å². The van der Waals surface area contributed by atoms with Crippen LogP contribution < -0.4 is 4.90 Å². The third-order valence-corrected chi connectivity index (χ3v) is 8.67. The van der Waals surface area contributed by atoms with Gasteiger partial charge in [-0.2, -0.15) is 0 Å². The zero-order valence-corrected chi connectivity index (χ0v) is 24.8. The highest BCUT2D eigenvalue weighted by atomic mass is 15.1. The second kappa shape index (κ2) is 11.6. The van der Waals surface area contributed by atoms with Gasteiger partial charge in [-0.05, 0) is 97.4 Å². The van der Waals surface area contributed by atoms with Crippen molar-refractivity contribution in [3.8, 4) is 33.4 Å². The third kappa shape index (κ3) is 5.26. The largest absolute Gasteiger partial charge is 0.311 e. The van der Waals surface area contributed by atoms with Gasteiger partial charge in [-0.3, -0.25) is 0 Å². The normalized spacial score (nSPS) is 11.1. The number of benzene rings is 8. The van der Waals surface area contributed by atoms with E-state index in [4.69, 9.17) is 0 Å². The minimum Gasteiger partial charge on any atom is -0.311 e. The predicted octanol–water partition coefficient (Wildman–Crippen LogP) is 12.5. The molecular formula is C44H31N. The average Bonchev–Trinajstić information content (AvgIpc) is 3.12. The van der Waals surface area contributed by atoms with Crippen LogP contribution >= 0.6 is 0 Å². The molecule has 0 spiro atoms. The molecule has 1 heteroatoms. The van der Waals surface area contributed by atoms with Gasteiger partial charge in [0.15, 0.2) is 0 Å². The van der Waals surface area contributed by atoms with E-state index in [0.717, 1.165) is 17.1 Å². The van der Waals surface area contributed by atoms with Crippen molar-refractivity contribution < 1.29 is 0 Å². The fourth-order valence-corrected chi connectivity index (χ4v) is 6.32. The molecule has 0 saturated carbocycles. The summed E-state index contributed by atoms with van der Waals surface area (Å²) < 4.78 is 0. The molecule has 0 unspecified atom stereocenters. The van der Waals surface area contributed by atoms with Crippen molar-refractivity contribution in [2.75, 3.05) is 4.90 Å². The fraction of sp³-hybridized carbons (Fsp3) is 0. The van der Waals surface area contributed by atoms with E-state index in [1.807, 2.05) is 0 Å². The zero-order chi connectivity index (χ0) is 30.0. The van der Waals surface area contributed by atoms with Gasteiger partial charge in [0.2, 0.25) is 0 Å². The molecule has 0 amide bonds. The van der Waals surface area contributed by atoms with Crippen LogP contribution in [0.25, 0.3) is 54.9 Å². The maximum absolute atomic E-state index is 2.34. The minimum atomic E-state index is 1.12. The first kappa shape index (κ1) is 26.7. The lowest BCUT2D eigenvalue weighted by Gasteiger charge is -2.26. The number of hydrogen-bond donors (Lipinski definition) is 0. The van der Waals surface area contributed by atoms with Crippen LogP contribution in [0.5, 0.6) is 0 Å². The van der Waals surface area contributed by atoms with Crippen LogP contribution in [0.3, 0.4) is 0 Å². The Balaban J connectivity index is 1.18. The molecule has 0 radical (unpaired) electrons. The van der Waals surface area contributed by atoms with Crippen LogP contribution in [0.15, 0.2) is 188 Å². The monoisotopic (exact) mass is 573 g/mol. The Labute approximate surface area is 264 Å². The highest BCUT2D eigenvalue weighted by Gasteiger charge is 2.14. The fourth-order valence-electron chi connectivity index (χ4n) is 6.32. The van der Waals surface area contributed by atoms with Crippen LogP contribution in [0.4, 0.5) is 17.1 Å². The molecule has 0 saturated heterocycles. The van der Waals surface area contributed by atoms with E-state index in [9.17, 15) is 0 Å². The van der Waals surface area contributed by atoms with Gasteiger partial charge in [-0.15, -0.1) is 0 Å². The lowest BCUT2D eigenvalue weighted by Crippen LogP contribution is -2.09. The maximum atomic E-state index is 2.34. The molecule has 45 heavy (non-hydrogen) atoms. The van der Waals surface area contributed by atoms with Gasteiger partial charge in [0.05, 0.1) is 0 Å². The van der Waals surface area contributed by atoms with Crippen molar-refractivity contribution in [1.82, 2.24) is 0 Å². The summed E-state index contributed by atoms with van der Waals surface area (Å²) in [5, 5.41) is 5.04. The van der Waals surface area contributed by atoms with Gasteiger partial charge in [0.1, 0.15) is 0 Å². The summed E-state index contributed by atoms with van der Waals surface area (Å²) in [6.45, 7) is 0. The van der Waals surface area contributed by atoms with E-state index in [1.165, 1.54) is 54.9 Å². The molecule has 8 aromatic rings. The smallest absolute Gasteiger partial charge is 0.0462 e. The third-order valence-electron chi connectivity index (χ3n) is 8.67. The molecule has 0 heterocycles. The van der Waals surface area contributed by atoms with Gasteiger partial charge < -0.3 is 4.90 Å². The van der Waals surface area contributed by atoms with Gasteiger partial charge in [0, 0.05) is 17.1 Å². The van der Waals surface area contributed by atoms with Gasteiger partial charge >= 0.3 is 0 Å². The van der Waals surface area contributed by atoms with Crippen LogP contribution in [0, 0.1) is 0 Å². The lowest BCUT2D eigenvalue weighted by atomic mass is 9.98. The van der Waals surface area contributed by atoms with Crippen LogP contribution in [0.1, 0.15) is 0 Å². The Kier molecular flexibility index (Phi) is 6.90. The molecule has 0 atom stereocenters. The first-order valence-corrected chi connectivity index (χ1v) is 15.4. The molecule has 8 aromatic carbocycles. The molecule has 0 bridgehead atoms. The van der Waals surface area contributed by atoms with Crippen LogP contribution in [-0.4, -0.2) is 0 Å². The quantitative estimate of drug-likeness (QED) is 0.191. The van der Waals surface area contributed by atoms with E-state index in [0.29, 0.717) is 0 Å². The van der Waals surface area contributed by atoms with Crippen molar-refractivity contribution in [2.45, 2.75) is 0 Å². The van der Waals surface area contributed by atoms with Gasteiger partial charge in [-0.25, -0.2) is 0 Å². The molecule has 0 fully saturated rings. The average molecular weight is 574 g/mol. The first-order chi connectivity index (χ1) is 22.3.